The second-order valence-electron chi connectivity index (χ2n) is 6.01. The lowest BCUT2D eigenvalue weighted by atomic mass is 10.0. The molecule has 1 aromatic carbocycles. The molecular formula is C14H21ClFNO4S2. The summed E-state index contributed by atoms with van der Waals surface area (Å²) in [6.45, 7) is 5.15. The zero-order valence-corrected chi connectivity index (χ0v) is 15.8. The second kappa shape index (κ2) is 8.13. The summed E-state index contributed by atoms with van der Waals surface area (Å²) in [5.41, 5.74) is 0.215. The zero-order chi connectivity index (χ0) is 17.8. The molecule has 2 unspecified atom stereocenters. The summed E-state index contributed by atoms with van der Waals surface area (Å²) < 4.78 is 55.6. The minimum atomic E-state index is -3.60. The van der Waals surface area contributed by atoms with Gasteiger partial charge in [0.05, 0.1) is 23.9 Å². The van der Waals surface area contributed by atoms with Gasteiger partial charge in [-0.3, -0.25) is 4.18 Å². The van der Waals surface area contributed by atoms with Crippen LogP contribution >= 0.6 is 11.6 Å². The van der Waals surface area contributed by atoms with Gasteiger partial charge in [-0.15, -0.1) is 4.72 Å². The maximum Gasteiger partial charge on any atom is 0.264 e. The molecule has 2 atom stereocenters. The van der Waals surface area contributed by atoms with Gasteiger partial charge in [-0.05, 0) is 33.3 Å². The fraction of sp³-hybridized carbons (Fsp3) is 0.571. The zero-order valence-electron chi connectivity index (χ0n) is 13.4. The Morgan fingerprint density at radius 3 is 2.57 bits per heavy atom. The smallest absolute Gasteiger partial charge is 0.264 e. The summed E-state index contributed by atoms with van der Waals surface area (Å²) >= 11 is 4.31. The van der Waals surface area contributed by atoms with Gasteiger partial charge in [-0.2, -0.15) is 8.42 Å². The Bertz CT molecular complexity index is 634. The van der Waals surface area contributed by atoms with Crippen LogP contribution in [0.15, 0.2) is 18.2 Å². The molecule has 9 heteroatoms. The Morgan fingerprint density at radius 1 is 1.43 bits per heavy atom. The quantitative estimate of drug-likeness (QED) is 0.576. The fourth-order valence-corrected chi connectivity index (χ4v) is 3.13. The molecule has 0 saturated carbocycles. The molecule has 0 fully saturated rings. The highest BCUT2D eigenvalue weighted by molar-refractivity contribution is 7.90. The number of hydrogen-bond acceptors (Lipinski definition) is 5. The van der Waals surface area contributed by atoms with E-state index in [9.17, 15) is 17.4 Å². The summed E-state index contributed by atoms with van der Waals surface area (Å²) in [6, 6.07) is 3.80. The molecule has 0 aliphatic rings. The second-order valence-corrected chi connectivity index (χ2v) is 10.1. The van der Waals surface area contributed by atoms with E-state index in [0.717, 1.165) is 6.26 Å². The van der Waals surface area contributed by atoms with Crippen molar-refractivity contribution in [2.24, 2.45) is 0 Å². The first-order chi connectivity index (χ1) is 10.4. The molecule has 0 aliphatic heterocycles. The van der Waals surface area contributed by atoms with Crippen molar-refractivity contribution >= 4 is 33.1 Å². The van der Waals surface area contributed by atoms with E-state index < -0.39 is 38.1 Å². The van der Waals surface area contributed by atoms with Crippen LogP contribution in [0.25, 0.3) is 0 Å². The van der Waals surface area contributed by atoms with Crippen molar-refractivity contribution in [2.75, 3.05) is 12.9 Å². The molecular weight excluding hydrogens is 365 g/mol. The molecule has 0 aromatic heterocycles. The highest BCUT2D eigenvalue weighted by Gasteiger charge is 2.31. The molecule has 132 valence electrons. The van der Waals surface area contributed by atoms with Gasteiger partial charge in [0.25, 0.3) is 10.1 Å². The van der Waals surface area contributed by atoms with Gasteiger partial charge in [-0.25, -0.2) is 4.39 Å². The van der Waals surface area contributed by atoms with Gasteiger partial charge in [0.1, 0.15) is 10.6 Å². The van der Waals surface area contributed by atoms with E-state index >= 15 is 0 Å². The minimum Gasteiger partial charge on any atom is -0.598 e. The molecule has 0 bridgehead atoms. The van der Waals surface area contributed by atoms with Gasteiger partial charge < -0.3 is 4.55 Å². The molecule has 0 spiro atoms. The van der Waals surface area contributed by atoms with Gasteiger partial charge >= 0.3 is 0 Å². The van der Waals surface area contributed by atoms with E-state index in [1.165, 1.54) is 12.1 Å². The van der Waals surface area contributed by atoms with Crippen molar-refractivity contribution < 1.29 is 21.5 Å². The number of halogens is 2. The monoisotopic (exact) mass is 385 g/mol. The number of hydrogen-bond donors (Lipinski definition) is 1. The maximum absolute atomic E-state index is 14.2. The Labute approximate surface area is 145 Å². The van der Waals surface area contributed by atoms with Crippen molar-refractivity contribution in [3.63, 3.8) is 0 Å². The molecule has 0 aliphatic carbocycles. The molecule has 5 nitrogen and oxygen atoms in total. The van der Waals surface area contributed by atoms with E-state index in [2.05, 4.69) is 4.72 Å². The van der Waals surface area contributed by atoms with Gasteiger partial charge in [0.15, 0.2) is 0 Å². The first-order valence-corrected chi connectivity index (χ1v) is 10.2. The van der Waals surface area contributed by atoms with Crippen LogP contribution in [0.1, 0.15) is 38.8 Å². The average molecular weight is 386 g/mol. The molecule has 0 saturated heterocycles. The number of rotatable bonds is 7. The molecule has 23 heavy (non-hydrogen) atoms. The third-order valence-corrected chi connectivity index (χ3v) is 5.36. The molecule has 1 N–H and O–H groups in total. The first kappa shape index (κ1) is 20.7. The SMILES string of the molecule is CC(C)(C)[S+]([O-])NC(CCOS(C)(=O)=O)c1cccc(Cl)c1F. The molecule has 0 heterocycles. The average Bonchev–Trinajstić information content (AvgIpc) is 2.38. The molecule has 1 rings (SSSR count). The first-order valence-electron chi connectivity index (χ1n) is 6.88. The standard InChI is InChI=1S/C14H21ClFNO4S2/c1-14(2,3)22(18)17-12(8-9-21-23(4,19)20)10-6-5-7-11(15)13(10)16/h5-7,12,17H,8-9H2,1-4H3. The third-order valence-electron chi connectivity index (χ3n) is 2.87. The van der Waals surface area contributed by atoms with Crippen molar-refractivity contribution in [3.05, 3.63) is 34.6 Å². The van der Waals surface area contributed by atoms with Gasteiger partial charge in [-0.1, -0.05) is 23.7 Å². The lowest BCUT2D eigenvalue weighted by Gasteiger charge is -2.28. The van der Waals surface area contributed by atoms with Crippen molar-refractivity contribution in [2.45, 2.75) is 38.0 Å². The van der Waals surface area contributed by atoms with Crippen LogP contribution in [0.3, 0.4) is 0 Å². The summed E-state index contributed by atoms with van der Waals surface area (Å²) in [7, 11) is -3.60. The van der Waals surface area contributed by atoms with Crippen molar-refractivity contribution in [3.8, 4) is 0 Å². The van der Waals surface area contributed by atoms with E-state index in [0.29, 0.717) is 0 Å². The Kier molecular flexibility index (Phi) is 7.31. The predicted molar refractivity (Wildman–Crippen MR) is 90.6 cm³/mol. The normalized spacial score (nSPS) is 15.4. The molecule has 1 aromatic rings. The van der Waals surface area contributed by atoms with Crippen LogP contribution in [0.2, 0.25) is 5.02 Å². The van der Waals surface area contributed by atoms with E-state index in [-0.39, 0.29) is 23.6 Å². The van der Waals surface area contributed by atoms with E-state index in [1.54, 1.807) is 26.8 Å². The third kappa shape index (κ3) is 6.94. The summed E-state index contributed by atoms with van der Waals surface area (Å²) in [5.74, 6) is -0.628. The van der Waals surface area contributed by atoms with Crippen LogP contribution in [0.4, 0.5) is 4.39 Å². The van der Waals surface area contributed by atoms with Crippen molar-refractivity contribution in [1.29, 1.82) is 0 Å². The maximum atomic E-state index is 14.2. The summed E-state index contributed by atoms with van der Waals surface area (Å²) in [6.07, 6.45) is 1.05. The highest BCUT2D eigenvalue weighted by atomic mass is 35.5. The van der Waals surface area contributed by atoms with Gasteiger partial charge in [0, 0.05) is 16.9 Å². The van der Waals surface area contributed by atoms with Crippen LogP contribution in [0, 0.1) is 5.82 Å². The lowest BCUT2D eigenvalue weighted by molar-refractivity contribution is 0.298. The van der Waals surface area contributed by atoms with E-state index in [4.69, 9.17) is 15.8 Å². The summed E-state index contributed by atoms with van der Waals surface area (Å²) in [5, 5.41) is -0.0557. The topological polar surface area (TPSA) is 78.5 Å². The Balaban J connectivity index is 2.98. The Hall–Kier alpha value is -0.380. The minimum absolute atomic E-state index is 0.0557. The van der Waals surface area contributed by atoms with Crippen LogP contribution in [0.5, 0.6) is 0 Å². The van der Waals surface area contributed by atoms with E-state index in [1.807, 2.05) is 0 Å². The lowest BCUT2D eigenvalue weighted by Crippen LogP contribution is -2.41. The Morgan fingerprint density at radius 2 is 2.04 bits per heavy atom. The number of benzene rings is 1. The molecule has 0 amide bonds. The molecule has 0 radical (unpaired) electrons. The summed E-state index contributed by atoms with van der Waals surface area (Å²) in [4.78, 5) is 0. The fourth-order valence-electron chi connectivity index (χ4n) is 1.69. The van der Waals surface area contributed by atoms with Crippen LogP contribution in [-0.2, 0) is 25.7 Å². The number of nitrogens with one attached hydrogen (secondary N) is 1. The largest absolute Gasteiger partial charge is 0.598 e. The van der Waals surface area contributed by atoms with Crippen LogP contribution < -0.4 is 4.72 Å². The van der Waals surface area contributed by atoms with Crippen molar-refractivity contribution in [1.82, 2.24) is 4.72 Å². The highest BCUT2D eigenvalue weighted by Crippen LogP contribution is 2.28. The van der Waals surface area contributed by atoms with Crippen LogP contribution in [-0.4, -0.2) is 30.6 Å². The van der Waals surface area contributed by atoms with Gasteiger partial charge in [0.2, 0.25) is 0 Å². The predicted octanol–water partition coefficient (Wildman–Crippen LogP) is 2.94.